The topological polar surface area (TPSA) is 53.6 Å². The number of H-pyrrole nitrogens is 1. The molecule has 15 heavy (non-hydrogen) atoms. The molecule has 0 saturated heterocycles. The first-order valence-electron chi connectivity index (χ1n) is 4.89. The zero-order chi connectivity index (χ0) is 10.8. The van der Waals surface area contributed by atoms with Crippen molar-refractivity contribution >= 4 is 16.7 Å². The highest BCUT2D eigenvalue weighted by molar-refractivity contribution is 5.89. The molecule has 0 fully saturated rings. The summed E-state index contributed by atoms with van der Waals surface area (Å²) in [4.78, 5) is 4.44. The molecule has 4 heteroatoms. The Balaban J connectivity index is 2.56. The molecule has 2 rings (SSSR count). The van der Waals surface area contributed by atoms with Gasteiger partial charge in [0.2, 0.25) is 0 Å². The van der Waals surface area contributed by atoms with E-state index in [4.69, 9.17) is 0 Å². The maximum absolute atomic E-state index is 4.44. The van der Waals surface area contributed by atoms with E-state index in [1.807, 2.05) is 26.0 Å². The van der Waals surface area contributed by atoms with E-state index in [1.54, 1.807) is 0 Å². The number of nitrogens with one attached hydrogen (secondary N) is 2. The molecule has 0 aliphatic rings. The maximum atomic E-state index is 4.44. The fourth-order valence-corrected chi connectivity index (χ4v) is 1.55. The van der Waals surface area contributed by atoms with Crippen LogP contribution in [0.2, 0.25) is 0 Å². The van der Waals surface area contributed by atoms with Gasteiger partial charge in [0.1, 0.15) is 11.0 Å². The molecule has 0 aliphatic carbocycles. The second-order valence-corrected chi connectivity index (χ2v) is 3.53. The van der Waals surface area contributed by atoms with Crippen LogP contribution >= 0.6 is 0 Å². The minimum Gasteiger partial charge on any atom is -0.380 e. The molecule has 2 heterocycles. The van der Waals surface area contributed by atoms with Crippen LogP contribution in [0.25, 0.3) is 11.0 Å². The highest BCUT2D eigenvalue weighted by atomic mass is 15.1. The van der Waals surface area contributed by atoms with E-state index in [9.17, 15) is 0 Å². The van der Waals surface area contributed by atoms with E-state index < -0.39 is 0 Å². The van der Waals surface area contributed by atoms with Crippen molar-refractivity contribution < 1.29 is 0 Å². The first-order chi connectivity index (χ1) is 7.22. The first kappa shape index (κ1) is 9.71. The molecule has 78 valence electrons. The van der Waals surface area contributed by atoms with Crippen molar-refractivity contribution in [3.63, 3.8) is 0 Å². The molecule has 0 atom stereocenters. The van der Waals surface area contributed by atoms with Crippen molar-refractivity contribution in [2.75, 3.05) is 11.9 Å². The molecule has 0 unspecified atom stereocenters. The van der Waals surface area contributed by atoms with Gasteiger partial charge in [0.25, 0.3) is 0 Å². The molecule has 0 aliphatic heterocycles. The highest BCUT2D eigenvalue weighted by Gasteiger charge is 2.08. The number of fused-ring (bicyclic) bond motifs is 1. The van der Waals surface area contributed by atoms with Gasteiger partial charge in [-0.05, 0) is 19.9 Å². The van der Waals surface area contributed by atoms with Crippen LogP contribution in [0.15, 0.2) is 18.7 Å². The number of pyridine rings is 1. The lowest BCUT2D eigenvalue weighted by Gasteiger charge is -2.04. The summed E-state index contributed by atoms with van der Waals surface area (Å²) in [6.07, 6.45) is 1.82. The zero-order valence-corrected chi connectivity index (χ0v) is 8.96. The van der Waals surface area contributed by atoms with E-state index in [0.29, 0.717) is 0 Å². The predicted molar refractivity (Wildman–Crippen MR) is 62.0 cm³/mol. The average Bonchev–Trinajstić information content (AvgIpc) is 2.57. The Morgan fingerprint density at radius 3 is 3.00 bits per heavy atom. The fourth-order valence-electron chi connectivity index (χ4n) is 1.55. The van der Waals surface area contributed by atoms with Crippen molar-refractivity contribution in [2.24, 2.45) is 0 Å². The molecule has 4 nitrogen and oxygen atoms in total. The van der Waals surface area contributed by atoms with Gasteiger partial charge in [0.05, 0.1) is 11.4 Å². The van der Waals surface area contributed by atoms with Crippen molar-refractivity contribution in [1.29, 1.82) is 0 Å². The van der Waals surface area contributed by atoms with Crippen molar-refractivity contribution in [3.05, 3.63) is 30.1 Å². The third kappa shape index (κ3) is 1.70. The molecule has 0 spiro atoms. The van der Waals surface area contributed by atoms with Gasteiger partial charge in [-0.25, -0.2) is 4.98 Å². The fraction of sp³-hybridized carbons (Fsp3) is 0.273. The Hall–Kier alpha value is -1.84. The minimum atomic E-state index is 0.727. The molecular weight excluding hydrogens is 188 g/mol. The first-order valence-corrected chi connectivity index (χ1v) is 4.89. The monoisotopic (exact) mass is 202 g/mol. The summed E-state index contributed by atoms with van der Waals surface area (Å²) in [6.45, 7) is 8.35. The third-order valence-electron chi connectivity index (χ3n) is 2.25. The lowest BCUT2D eigenvalue weighted by molar-refractivity contribution is 1.07. The summed E-state index contributed by atoms with van der Waals surface area (Å²) < 4.78 is 0. The van der Waals surface area contributed by atoms with Gasteiger partial charge in [-0.2, -0.15) is 5.10 Å². The molecule has 0 bridgehead atoms. The Kier molecular flexibility index (Phi) is 2.41. The predicted octanol–water partition coefficient (Wildman–Crippen LogP) is 2.17. The van der Waals surface area contributed by atoms with Gasteiger partial charge in [0.15, 0.2) is 0 Å². The smallest absolute Gasteiger partial charge is 0.134 e. The van der Waals surface area contributed by atoms with Crippen molar-refractivity contribution in [1.82, 2.24) is 15.2 Å². The van der Waals surface area contributed by atoms with Crippen LogP contribution in [0.1, 0.15) is 11.4 Å². The van der Waals surface area contributed by atoms with Gasteiger partial charge in [-0.3, -0.25) is 5.10 Å². The van der Waals surface area contributed by atoms with Crippen molar-refractivity contribution in [3.8, 4) is 0 Å². The molecule has 2 aromatic heterocycles. The largest absolute Gasteiger partial charge is 0.380 e. The van der Waals surface area contributed by atoms with Crippen LogP contribution in [0.4, 0.5) is 5.69 Å². The van der Waals surface area contributed by atoms with E-state index in [-0.39, 0.29) is 0 Å². The average molecular weight is 202 g/mol. The summed E-state index contributed by atoms with van der Waals surface area (Å²) in [6, 6.07) is 1.99. The number of aryl methyl sites for hydroxylation is 2. The van der Waals surface area contributed by atoms with Crippen LogP contribution in [-0.2, 0) is 0 Å². The molecule has 0 amide bonds. The number of anilines is 1. The SMILES string of the molecule is C=CCNc1cc(C)nc2c(C)[nH]nc12. The number of rotatable bonds is 3. The van der Waals surface area contributed by atoms with Crippen LogP contribution in [-0.4, -0.2) is 21.7 Å². The van der Waals surface area contributed by atoms with Gasteiger partial charge in [0, 0.05) is 12.2 Å². The van der Waals surface area contributed by atoms with E-state index >= 15 is 0 Å². The Labute approximate surface area is 88.4 Å². The number of aromatic nitrogens is 3. The molecule has 0 saturated carbocycles. The summed E-state index contributed by atoms with van der Waals surface area (Å²) in [5.74, 6) is 0. The molecule has 0 radical (unpaired) electrons. The molecule has 0 aromatic carbocycles. The quantitative estimate of drug-likeness (QED) is 0.750. The lowest BCUT2D eigenvalue weighted by atomic mass is 10.2. The normalized spacial score (nSPS) is 10.5. The summed E-state index contributed by atoms with van der Waals surface area (Å²) in [5.41, 5.74) is 4.80. The molecule has 2 N–H and O–H groups in total. The Bertz CT molecular complexity index is 499. The van der Waals surface area contributed by atoms with Gasteiger partial charge in [-0.1, -0.05) is 6.08 Å². The molecule has 2 aromatic rings. The summed E-state index contributed by atoms with van der Waals surface area (Å²) >= 11 is 0. The van der Waals surface area contributed by atoms with E-state index in [1.165, 1.54) is 0 Å². The Morgan fingerprint density at radius 1 is 1.47 bits per heavy atom. The van der Waals surface area contributed by atoms with Crippen LogP contribution in [0.3, 0.4) is 0 Å². The van der Waals surface area contributed by atoms with Crippen LogP contribution < -0.4 is 5.32 Å². The summed E-state index contributed by atoms with van der Waals surface area (Å²) in [7, 11) is 0. The zero-order valence-electron chi connectivity index (χ0n) is 8.96. The number of hydrogen-bond acceptors (Lipinski definition) is 3. The van der Waals surface area contributed by atoms with Crippen molar-refractivity contribution in [2.45, 2.75) is 13.8 Å². The second-order valence-electron chi connectivity index (χ2n) is 3.53. The minimum absolute atomic E-state index is 0.727. The van der Waals surface area contributed by atoms with E-state index in [2.05, 4.69) is 27.1 Å². The second kappa shape index (κ2) is 3.73. The van der Waals surface area contributed by atoms with Crippen LogP contribution in [0, 0.1) is 13.8 Å². The van der Waals surface area contributed by atoms with Gasteiger partial charge in [-0.15, -0.1) is 6.58 Å². The highest BCUT2D eigenvalue weighted by Crippen LogP contribution is 2.22. The number of aromatic amines is 1. The molecular formula is C11H14N4. The standard InChI is InChI=1S/C11H14N4/c1-4-5-12-9-6-7(2)13-10-8(3)14-15-11(9)10/h4,6H,1,5H2,2-3H3,(H,12,13)(H,14,15). The van der Waals surface area contributed by atoms with Crippen LogP contribution in [0.5, 0.6) is 0 Å². The lowest BCUT2D eigenvalue weighted by Crippen LogP contribution is -1.99. The van der Waals surface area contributed by atoms with E-state index in [0.717, 1.165) is 34.7 Å². The number of nitrogens with zero attached hydrogens (tertiary/aromatic N) is 2. The number of hydrogen-bond donors (Lipinski definition) is 2. The maximum Gasteiger partial charge on any atom is 0.134 e. The summed E-state index contributed by atoms with van der Waals surface area (Å²) in [5, 5.41) is 10.4. The van der Waals surface area contributed by atoms with Gasteiger partial charge < -0.3 is 5.32 Å². The third-order valence-corrected chi connectivity index (χ3v) is 2.25. The van der Waals surface area contributed by atoms with Gasteiger partial charge >= 0.3 is 0 Å². The Morgan fingerprint density at radius 2 is 2.27 bits per heavy atom.